The number of amides is 1. The van der Waals surface area contributed by atoms with Crippen LogP contribution in [0.5, 0.6) is 5.75 Å². The molecule has 3 aromatic rings. The second-order valence-corrected chi connectivity index (χ2v) is 6.48. The Kier molecular flexibility index (Phi) is 5.54. The molecule has 8 heteroatoms. The number of ether oxygens (including phenoxy) is 1. The Morgan fingerprint density at radius 2 is 2.04 bits per heavy atom. The Labute approximate surface area is 157 Å². The monoisotopic (exact) mass is 369 g/mol. The van der Waals surface area contributed by atoms with Gasteiger partial charge >= 0.3 is 0 Å². The fourth-order valence-electron chi connectivity index (χ4n) is 2.62. The molecule has 3 aromatic heterocycles. The molecule has 1 amide bonds. The molecular formula is C19H23N5O3. The first-order valence-corrected chi connectivity index (χ1v) is 8.70. The van der Waals surface area contributed by atoms with Crippen LogP contribution in [0.4, 0.5) is 0 Å². The summed E-state index contributed by atoms with van der Waals surface area (Å²) in [5, 5.41) is 8.26. The second kappa shape index (κ2) is 8.03. The standard InChI is InChI=1S/C19H23N5O3/c1-13-5-6-16(11-20-13)26-12-17-10-18(22-27-17)19(25)23(4)7-8-24-15(3)9-14(2)21-24/h5-6,9-11H,7-8,12H2,1-4H3. The first-order valence-electron chi connectivity index (χ1n) is 8.70. The van der Waals surface area contributed by atoms with Crippen LogP contribution in [0.2, 0.25) is 0 Å². The molecule has 0 N–H and O–H groups in total. The number of hydrogen-bond donors (Lipinski definition) is 0. The minimum Gasteiger partial charge on any atom is -0.484 e. The van der Waals surface area contributed by atoms with Crippen molar-refractivity contribution >= 4 is 5.91 Å². The van der Waals surface area contributed by atoms with E-state index in [1.165, 1.54) is 0 Å². The maximum absolute atomic E-state index is 12.5. The normalized spacial score (nSPS) is 10.8. The van der Waals surface area contributed by atoms with Gasteiger partial charge in [0.1, 0.15) is 12.4 Å². The van der Waals surface area contributed by atoms with Crippen molar-refractivity contribution in [3.05, 3.63) is 59.0 Å². The third-order valence-corrected chi connectivity index (χ3v) is 4.14. The summed E-state index contributed by atoms with van der Waals surface area (Å²) in [4.78, 5) is 18.3. The van der Waals surface area contributed by atoms with E-state index >= 15 is 0 Å². The van der Waals surface area contributed by atoms with E-state index in [4.69, 9.17) is 9.26 Å². The van der Waals surface area contributed by atoms with Crippen molar-refractivity contribution in [2.45, 2.75) is 33.9 Å². The highest BCUT2D eigenvalue weighted by atomic mass is 16.5. The molecule has 0 atom stereocenters. The number of carbonyl (C=O) groups is 1. The SMILES string of the molecule is Cc1ccc(OCc2cc(C(=O)N(C)CCn3nc(C)cc3C)no2)cn1. The molecule has 0 unspecified atom stereocenters. The van der Waals surface area contributed by atoms with Gasteiger partial charge in [0, 0.05) is 31.0 Å². The van der Waals surface area contributed by atoms with Crippen molar-refractivity contribution in [2.24, 2.45) is 0 Å². The third-order valence-electron chi connectivity index (χ3n) is 4.14. The molecule has 8 nitrogen and oxygen atoms in total. The van der Waals surface area contributed by atoms with Crippen molar-refractivity contribution in [3.63, 3.8) is 0 Å². The lowest BCUT2D eigenvalue weighted by Crippen LogP contribution is -2.30. The summed E-state index contributed by atoms with van der Waals surface area (Å²) in [5.74, 6) is 0.904. The Bertz CT molecular complexity index is 914. The number of nitrogens with zero attached hydrogens (tertiary/aromatic N) is 5. The van der Waals surface area contributed by atoms with Crippen molar-refractivity contribution < 1.29 is 14.1 Å². The predicted octanol–water partition coefficient (Wildman–Crippen LogP) is 2.54. The van der Waals surface area contributed by atoms with Crippen LogP contribution in [-0.2, 0) is 13.2 Å². The van der Waals surface area contributed by atoms with E-state index in [0.29, 0.717) is 24.6 Å². The summed E-state index contributed by atoms with van der Waals surface area (Å²) < 4.78 is 12.7. The summed E-state index contributed by atoms with van der Waals surface area (Å²) in [5.41, 5.74) is 3.20. The Morgan fingerprint density at radius 1 is 1.22 bits per heavy atom. The zero-order chi connectivity index (χ0) is 19.4. The maximum Gasteiger partial charge on any atom is 0.275 e. The summed E-state index contributed by atoms with van der Waals surface area (Å²) in [6.45, 7) is 7.17. The van der Waals surface area contributed by atoms with Gasteiger partial charge in [-0.1, -0.05) is 5.16 Å². The number of pyridine rings is 1. The van der Waals surface area contributed by atoms with E-state index in [1.54, 1.807) is 24.2 Å². The number of hydrogen-bond acceptors (Lipinski definition) is 6. The Balaban J connectivity index is 1.53. The smallest absolute Gasteiger partial charge is 0.275 e. The molecule has 0 aliphatic rings. The molecule has 0 aliphatic carbocycles. The van der Waals surface area contributed by atoms with Crippen molar-refractivity contribution in [3.8, 4) is 5.75 Å². The van der Waals surface area contributed by atoms with E-state index in [9.17, 15) is 4.79 Å². The lowest BCUT2D eigenvalue weighted by molar-refractivity contribution is 0.0778. The molecule has 3 heterocycles. The van der Waals surface area contributed by atoms with Gasteiger partial charge in [-0.25, -0.2) is 0 Å². The lowest BCUT2D eigenvalue weighted by Gasteiger charge is -2.16. The van der Waals surface area contributed by atoms with E-state index in [2.05, 4.69) is 15.2 Å². The van der Waals surface area contributed by atoms with Crippen LogP contribution in [0.1, 0.15) is 33.3 Å². The summed E-state index contributed by atoms with van der Waals surface area (Å²) in [6.07, 6.45) is 1.64. The molecule has 0 spiro atoms. The highest BCUT2D eigenvalue weighted by molar-refractivity contribution is 5.92. The number of carbonyl (C=O) groups excluding carboxylic acids is 1. The van der Waals surface area contributed by atoms with Crippen LogP contribution in [0.15, 0.2) is 35.0 Å². The molecular weight excluding hydrogens is 346 g/mol. The van der Waals surface area contributed by atoms with Gasteiger partial charge in [0.15, 0.2) is 11.5 Å². The zero-order valence-electron chi connectivity index (χ0n) is 16.0. The minimum absolute atomic E-state index is 0.181. The molecule has 0 aromatic carbocycles. The molecule has 27 heavy (non-hydrogen) atoms. The number of rotatable bonds is 7. The molecule has 0 fully saturated rings. The second-order valence-electron chi connectivity index (χ2n) is 6.48. The minimum atomic E-state index is -0.205. The van der Waals surface area contributed by atoms with Gasteiger partial charge in [-0.3, -0.25) is 14.5 Å². The van der Waals surface area contributed by atoms with Crippen LogP contribution >= 0.6 is 0 Å². The average molecular weight is 369 g/mol. The van der Waals surface area contributed by atoms with Crippen LogP contribution < -0.4 is 4.74 Å². The van der Waals surface area contributed by atoms with Gasteiger partial charge in [-0.2, -0.15) is 5.10 Å². The quantitative estimate of drug-likeness (QED) is 0.636. The molecule has 0 aliphatic heterocycles. The molecule has 0 bridgehead atoms. The summed E-state index contributed by atoms with van der Waals surface area (Å²) >= 11 is 0. The summed E-state index contributed by atoms with van der Waals surface area (Å²) in [6, 6.07) is 7.30. The molecule has 0 saturated carbocycles. The fourth-order valence-corrected chi connectivity index (χ4v) is 2.62. The van der Waals surface area contributed by atoms with Gasteiger partial charge in [-0.05, 0) is 39.0 Å². The van der Waals surface area contributed by atoms with Crippen molar-refractivity contribution in [1.82, 2.24) is 24.8 Å². The zero-order valence-corrected chi connectivity index (χ0v) is 16.0. The van der Waals surface area contributed by atoms with E-state index in [0.717, 1.165) is 17.1 Å². The van der Waals surface area contributed by atoms with Crippen LogP contribution in [-0.4, -0.2) is 44.3 Å². The highest BCUT2D eigenvalue weighted by Gasteiger charge is 2.17. The van der Waals surface area contributed by atoms with Gasteiger partial charge in [0.25, 0.3) is 5.91 Å². The lowest BCUT2D eigenvalue weighted by atomic mass is 10.3. The predicted molar refractivity (Wildman–Crippen MR) is 98.5 cm³/mol. The van der Waals surface area contributed by atoms with Crippen molar-refractivity contribution in [2.75, 3.05) is 13.6 Å². The fraction of sp³-hybridized carbons (Fsp3) is 0.368. The maximum atomic E-state index is 12.5. The first-order chi connectivity index (χ1) is 12.9. The van der Waals surface area contributed by atoms with Gasteiger partial charge < -0.3 is 14.2 Å². The Hall–Kier alpha value is -3.16. The van der Waals surface area contributed by atoms with E-state index < -0.39 is 0 Å². The number of likely N-dealkylation sites (N-methyl/N-ethyl adjacent to an activating group) is 1. The molecule has 142 valence electrons. The van der Waals surface area contributed by atoms with Gasteiger partial charge in [0.2, 0.25) is 0 Å². The van der Waals surface area contributed by atoms with Crippen LogP contribution in [0.3, 0.4) is 0 Å². The molecule has 0 radical (unpaired) electrons. The molecule has 3 rings (SSSR count). The largest absolute Gasteiger partial charge is 0.484 e. The first kappa shape index (κ1) is 18.6. The van der Waals surface area contributed by atoms with E-state index in [1.807, 2.05) is 43.7 Å². The number of aryl methyl sites for hydroxylation is 3. The third kappa shape index (κ3) is 4.72. The Morgan fingerprint density at radius 3 is 2.70 bits per heavy atom. The van der Waals surface area contributed by atoms with E-state index in [-0.39, 0.29) is 18.2 Å². The van der Waals surface area contributed by atoms with Gasteiger partial charge in [-0.15, -0.1) is 0 Å². The molecule has 0 saturated heterocycles. The number of aromatic nitrogens is 4. The van der Waals surface area contributed by atoms with Gasteiger partial charge in [0.05, 0.1) is 18.4 Å². The average Bonchev–Trinajstić information content (AvgIpc) is 3.24. The highest BCUT2D eigenvalue weighted by Crippen LogP contribution is 2.13. The van der Waals surface area contributed by atoms with Crippen molar-refractivity contribution in [1.29, 1.82) is 0 Å². The topological polar surface area (TPSA) is 86.3 Å². The van der Waals surface area contributed by atoms with Crippen LogP contribution in [0.25, 0.3) is 0 Å². The van der Waals surface area contributed by atoms with Crippen LogP contribution in [0, 0.1) is 20.8 Å². The summed E-state index contributed by atoms with van der Waals surface area (Å²) in [7, 11) is 1.73.